The predicted molar refractivity (Wildman–Crippen MR) is 103 cm³/mol. The topological polar surface area (TPSA) is 61.9 Å². The molecular weight excluding hydrogens is 707 g/mol. The molecule has 0 saturated carbocycles. The Balaban J connectivity index is -0.00000135. The van der Waals surface area contributed by atoms with Gasteiger partial charge in [0.2, 0.25) is 5.91 Å². The fourth-order valence-corrected chi connectivity index (χ4v) is 3.03. The molecule has 5 radical (unpaired) electrons. The predicted octanol–water partition coefficient (Wildman–Crippen LogP) is 2.05. The molecule has 29 heavy (non-hydrogen) atoms. The van der Waals surface area contributed by atoms with E-state index in [1.807, 2.05) is 0 Å². The Hall–Kier alpha value is 0.565. The first-order valence-corrected chi connectivity index (χ1v) is 8.25. The van der Waals surface area contributed by atoms with Gasteiger partial charge in [0, 0.05) is 111 Å². The number of hydrogen-bond acceptors (Lipinski definition) is 4. The van der Waals surface area contributed by atoms with Crippen LogP contribution in [-0.2, 0) is 60.8 Å². The van der Waals surface area contributed by atoms with Crippen molar-refractivity contribution in [1.82, 2.24) is 5.32 Å². The van der Waals surface area contributed by atoms with Gasteiger partial charge in [0.05, 0.1) is 6.54 Å². The van der Waals surface area contributed by atoms with E-state index in [-0.39, 0.29) is 110 Å². The molecule has 2 amide bonds. The third kappa shape index (κ3) is 9.71. The summed E-state index contributed by atoms with van der Waals surface area (Å²) < 4.78 is 5.27. The molecule has 0 spiro atoms. The molecule has 0 bridgehead atoms. The Morgan fingerprint density at radius 1 is 1.34 bits per heavy atom. The molecule has 1 aromatic carbocycles. The molecule has 2 saturated heterocycles. The van der Waals surface area contributed by atoms with Crippen LogP contribution in [0.5, 0.6) is 0 Å². The second kappa shape index (κ2) is 16.2. The number of carbonyl (C=O) groups is 2. The molecule has 3 rings (SSSR count). The first kappa shape index (κ1) is 34.2. The summed E-state index contributed by atoms with van der Waals surface area (Å²) in [6.45, 7) is 6.30. The van der Waals surface area contributed by atoms with Crippen molar-refractivity contribution >= 4 is 31.8 Å². The molecule has 6 nitrogen and oxygen atoms in total. The largest absolute Gasteiger partial charge is 0.446 e. The molecule has 1 aromatic rings. The minimum absolute atomic E-state index is 0. The quantitative estimate of drug-likeness (QED) is 0.381. The van der Waals surface area contributed by atoms with Gasteiger partial charge in [0.1, 0.15) is 6.10 Å². The van der Waals surface area contributed by atoms with Gasteiger partial charge >= 0.3 is 6.09 Å². The molecule has 0 aromatic heterocycles. The number of anilines is 2. The van der Waals surface area contributed by atoms with E-state index in [1.165, 1.54) is 6.92 Å². The number of amides is 2. The van der Waals surface area contributed by atoms with Gasteiger partial charge in [-0.1, -0.05) is 20.3 Å². The van der Waals surface area contributed by atoms with Crippen LogP contribution in [0.3, 0.4) is 0 Å². The van der Waals surface area contributed by atoms with Crippen LogP contribution in [0.25, 0.3) is 0 Å². The zero-order valence-electron chi connectivity index (χ0n) is 16.1. The number of nitrogens with one attached hydrogen (secondary N) is 1. The van der Waals surface area contributed by atoms with Crippen molar-refractivity contribution in [2.45, 2.75) is 33.8 Å². The van der Waals surface area contributed by atoms with Crippen LogP contribution in [-0.4, -0.2) is 52.7 Å². The van der Waals surface area contributed by atoms with Gasteiger partial charge in [-0.25, -0.2) is 10.5 Å². The van der Waals surface area contributed by atoms with E-state index in [0.717, 1.165) is 25.2 Å². The SMILES string of the molecule is C.CC(=O)NCC1CN(c2c[c-]c(N3C[CH-]CC(C)C3)[c-]c2)C(=O)O1.[B].[U].[V].[Y]. The fourth-order valence-electron chi connectivity index (χ4n) is 3.03. The first-order chi connectivity index (χ1) is 11.5. The number of rotatable bonds is 4. The summed E-state index contributed by atoms with van der Waals surface area (Å²) in [6, 6.07) is 10.0. The summed E-state index contributed by atoms with van der Waals surface area (Å²) >= 11 is 0. The van der Waals surface area contributed by atoms with E-state index < -0.39 is 6.09 Å². The maximum absolute atomic E-state index is 12.0. The fraction of sp³-hybridized carbons (Fsp3) is 0.526. The number of hydrogen-bond donors (Lipinski definition) is 1. The zero-order chi connectivity index (χ0) is 17.1. The van der Waals surface area contributed by atoms with Crippen molar-refractivity contribution in [3.63, 3.8) is 0 Å². The van der Waals surface area contributed by atoms with Crippen molar-refractivity contribution < 1.29 is 96.7 Å². The normalized spacial score (nSPS) is 19.9. The van der Waals surface area contributed by atoms with Gasteiger partial charge in [-0.15, -0.1) is 6.54 Å². The zero-order valence-corrected chi connectivity index (χ0v) is 24.5. The van der Waals surface area contributed by atoms with E-state index >= 15 is 0 Å². The molecule has 153 valence electrons. The Morgan fingerprint density at radius 2 is 1.97 bits per heavy atom. The minimum Gasteiger partial charge on any atom is -0.446 e. The van der Waals surface area contributed by atoms with Crippen LogP contribution in [0.4, 0.5) is 16.2 Å². The Morgan fingerprint density at radius 3 is 2.52 bits per heavy atom. The number of ether oxygens (including phenoxy) is 1. The van der Waals surface area contributed by atoms with Crippen molar-refractivity contribution in [2.75, 3.05) is 36.0 Å². The van der Waals surface area contributed by atoms with Gasteiger partial charge in [-0.3, -0.25) is 16.9 Å². The number of nitrogens with zero attached hydrogens (tertiary/aromatic N) is 2. The number of carbonyl (C=O) groups excluding carboxylic acids is 2. The molecule has 1 N–H and O–H groups in total. The molecule has 2 heterocycles. The van der Waals surface area contributed by atoms with Gasteiger partial charge in [0.25, 0.3) is 0 Å². The van der Waals surface area contributed by atoms with E-state index in [0.29, 0.717) is 24.7 Å². The maximum Gasteiger partial charge on any atom is 0.393 e. The standard InChI is InChI=1S/C18H22N3O3.CH4.B.U.V.Y/c1-13-4-3-9-20(11-13)15-5-7-16(8-6-15)21-12-17(24-18(21)23)10-19-14(2)22;;;;;/h3,7-8,13,17H,4,9-12H2,1-2H3,(H,19,22);1H4;;;;/q-3;;;;;. The second-order valence-corrected chi connectivity index (χ2v) is 6.44. The summed E-state index contributed by atoms with van der Waals surface area (Å²) in [6.07, 6.45) is 2.68. The smallest absolute Gasteiger partial charge is 0.393 e. The van der Waals surface area contributed by atoms with Crippen molar-refractivity contribution in [2.24, 2.45) is 5.92 Å². The van der Waals surface area contributed by atoms with Gasteiger partial charge < -0.3 is 38.4 Å². The van der Waals surface area contributed by atoms with Crippen LogP contribution in [0.2, 0.25) is 0 Å². The maximum atomic E-state index is 12.0. The van der Waals surface area contributed by atoms with E-state index in [1.54, 1.807) is 17.0 Å². The monoisotopic (exact) mass is 733 g/mol. The second-order valence-electron chi connectivity index (χ2n) is 6.44. The Labute approximate surface area is 237 Å². The molecule has 2 fully saturated rings. The number of piperidine rings is 1. The molecular formula is C19H26BN3O3UVY-3. The van der Waals surface area contributed by atoms with Crippen LogP contribution in [0.1, 0.15) is 27.7 Å². The summed E-state index contributed by atoms with van der Waals surface area (Å²) in [5, 5.41) is 2.67. The van der Waals surface area contributed by atoms with Gasteiger partial charge in [0.15, 0.2) is 0 Å². The minimum atomic E-state index is -0.403. The molecule has 2 aliphatic heterocycles. The third-order valence-corrected chi connectivity index (χ3v) is 4.24. The average molecular weight is 733 g/mol. The molecule has 10 heteroatoms. The third-order valence-electron chi connectivity index (χ3n) is 4.24. The van der Waals surface area contributed by atoms with E-state index in [4.69, 9.17) is 4.74 Å². The van der Waals surface area contributed by atoms with Gasteiger partial charge in [-0.05, 0) is 0 Å². The summed E-state index contributed by atoms with van der Waals surface area (Å²) in [5.41, 5.74) is 1.63. The van der Waals surface area contributed by atoms with Crippen LogP contribution in [0.15, 0.2) is 12.1 Å². The molecule has 2 aliphatic rings. The van der Waals surface area contributed by atoms with Crippen LogP contribution < -0.4 is 15.1 Å². The molecule has 2 unspecified atom stereocenters. The van der Waals surface area contributed by atoms with Gasteiger partial charge in [-0.2, -0.15) is 12.1 Å². The Kier molecular flexibility index (Phi) is 19.1. The first-order valence-electron chi connectivity index (χ1n) is 8.25. The van der Waals surface area contributed by atoms with Crippen molar-refractivity contribution in [1.29, 1.82) is 0 Å². The summed E-state index contributed by atoms with van der Waals surface area (Å²) in [7, 11) is 0. The van der Waals surface area contributed by atoms with Crippen molar-refractivity contribution in [3.8, 4) is 0 Å². The molecule has 0 aliphatic carbocycles. The van der Waals surface area contributed by atoms with Crippen LogP contribution >= 0.6 is 0 Å². The summed E-state index contributed by atoms with van der Waals surface area (Å²) in [5.74, 6) is 0.492. The Bertz CT molecular complexity index is 627. The number of cyclic esters (lactones) is 1. The average Bonchev–Trinajstić information content (AvgIpc) is 2.94. The van der Waals surface area contributed by atoms with Crippen LogP contribution in [0, 0.1) is 55.6 Å². The van der Waals surface area contributed by atoms with E-state index in [9.17, 15) is 9.59 Å². The number of benzene rings is 1. The molecule has 2 atom stereocenters. The summed E-state index contributed by atoms with van der Waals surface area (Å²) in [4.78, 5) is 26.8. The van der Waals surface area contributed by atoms with Crippen molar-refractivity contribution in [3.05, 3.63) is 30.7 Å². The van der Waals surface area contributed by atoms with E-state index in [2.05, 4.69) is 35.7 Å².